The lowest BCUT2D eigenvalue weighted by Gasteiger charge is -2.24. The van der Waals surface area contributed by atoms with E-state index in [4.69, 9.17) is 9.47 Å². The molecule has 140 valence electrons. The minimum Gasteiger partial charge on any atom is -0.493 e. The standard InChI is InChI=1S/C21H29N3O2/c1-24(2)19(18-5-6-18)14-23-13-17-4-7-20(21(12-17)25-3)26-15-16-8-10-22-11-9-16/h4,7-12,18-19,23H,5-6,13-15H2,1-3H3. The first-order valence-electron chi connectivity index (χ1n) is 9.23. The highest BCUT2D eigenvalue weighted by atomic mass is 16.5. The van der Waals surface area contributed by atoms with Gasteiger partial charge in [-0.05, 0) is 68.2 Å². The number of hydrogen-bond acceptors (Lipinski definition) is 5. The van der Waals surface area contributed by atoms with Crippen molar-refractivity contribution in [2.24, 2.45) is 5.92 Å². The Kier molecular flexibility index (Phi) is 6.47. The third-order valence-electron chi connectivity index (χ3n) is 4.88. The Balaban J connectivity index is 1.54. The fourth-order valence-electron chi connectivity index (χ4n) is 3.20. The molecule has 1 aromatic carbocycles. The molecule has 5 heteroatoms. The number of rotatable bonds is 10. The summed E-state index contributed by atoms with van der Waals surface area (Å²) in [5.41, 5.74) is 2.29. The van der Waals surface area contributed by atoms with E-state index in [-0.39, 0.29) is 0 Å². The smallest absolute Gasteiger partial charge is 0.161 e. The molecule has 0 aliphatic heterocycles. The maximum absolute atomic E-state index is 5.90. The summed E-state index contributed by atoms with van der Waals surface area (Å²) >= 11 is 0. The van der Waals surface area contributed by atoms with Crippen molar-refractivity contribution in [3.8, 4) is 11.5 Å². The highest BCUT2D eigenvalue weighted by molar-refractivity contribution is 5.43. The van der Waals surface area contributed by atoms with E-state index in [2.05, 4.69) is 41.4 Å². The third-order valence-corrected chi connectivity index (χ3v) is 4.88. The molecule has 2 aromatic rings. The van der Waals surface area contributed by atoms with Crippen LogP contribution in [0.25, 0.3) is 0 Å². The van der Waals surface area contributed by atoms with Gasteiger partial charge < -0.3 is 19.7 Å². The Morgan fingerprint density at radius 1 is 1.12 bits per heavy atom. The van der Waals surface area contributed by atoms with E-state index in [1.807, 2.05) is 18.2 Å². The number of aromatic nitrogens is 1. The molecule has 1 aliphatic carbocycles. The molecule has 1 heterocycles. The van der Waals surface area contributed by atoms with Crippen LogP contribution >= 0.6 is 0 Å². The first-order chi connectivity index (χ1) is 12.7. The van der Waals surface area contributed by atoms with E-state index >= 15 is 0 Å². The van der Waals surface area contributed by atoms with E-state index in [0.717, 1.165) is 36.1 Å². The second-order valence-electron chi connectivity index (χ2n) is 7.13. The molecule has 1 N–H and O–H groups in total. The summed E-state index contributed by atoms with van der Waals surface area (Å²) in [4.78, 5) is 6.36. The van der Waals surface area contributed by atoms with Crippen LogP contribution in [0.4, 0.5) is 0 Å². The maximum Gasteiger partial charge on any atom is 0.161 e. The molecule has 0 bridgehead atoms. The van der Waals surface area contributed by atoms with Crippen LogP contribution in [0.3, 0.4) is 0 Å². The maximum atomic E-state index is 5.90. The lowest BCUT2D eigenvalue weighted by Crippen LogP contribution is -2.39. The molecule has 1 aromatic heterocycles. The lowest BCUT2D eigenvalue weighted by atomic mass is 10.1. The van der Waals surface area contributed by atoms with Gasteiger partial charge in [-0.25, -0.2) is 0 Å². The molecule has 26 heavy (non-hydrogen) atoms. The van der Waals surface area contributed by atoms with E-state index in [1.165, 1.54) is 18.4 Å². The number of pyridine rings is 1. The highest BCUT2D eigenvalue weighted by Crippen LogP contribution is 2.34. The normalized spacial score (nSPS) is 15.1. The molecule has 0 radical (unpaired) electrons. The molecular formula is C21H29N3O2. The van der Waals surface area contributed by atoms with Gasteiger partial charge in [0.2, 0.25) is 0 Å². The zero-order valence-corrected chi connectivity index (χ0v) is 15.9. The fraction of sp³-hybridized carbons (Fsp3) is 0.476. The van der Waals surface area contributed by atoms with Crippen LogP contribution in [-0.4, -0.2) is 43.7 Å². The number of nitrogens with zero attached hydrogens (tertiary/aromatic N) is 2. The summed E-state index contributed by atoms with van der Waals surface area (Å²) in [6.07, 6.45) is 6.27. The van der Waals surface area contributed by atoms with Crippen LogP contribution in [0.2, 0.25) is 0 Å². The number of nitrogens with one attached hydrogen (secondary N) is 1. The van der Waals surface area contributed by atoms with Gasteiger partial charge in [-0.2, -0.15) is 0 Å². The predicted molar refractivity (Wildman–Crippen MR) is 103 cm³/mol. The summed E-state index contributed by atoms with van der Waals surface area (Å²) in [6, 6.07) is 10.7. The van der Waals surface area contributed by atoms with Gasteiger partial charge in [0.25, 0.3) is 0 Å². The molecule has 1 atom stereocenters. The fourth-order valence-corrected chi connectivity index (χ4v) is 3.20. The highest BCUT2D eigenvalue weighted by Gasteiger charge is 2.32. The van der Waals surface area contributed by atoms with Crippen molar-refractivity contribution in [3.63, 3.8) is 0 Å². The van der Waals surface area contributed by atoms with Crippen LogP contribution < -0.4 is 14.8 Å². The largest absolute Gasteiger partial charge is 0.493 e. The Morgan fingerprint density at radius 2 is 1.88 bits per heavy atom. The second kappa shape index (κ2) is 9.01. The van der Waals surface area contributed by atoms with Crippen molar-refractivity contribution in [2.75, 3.05) is 27.7 Å². The van der Waals surface area contributed by atoms with Crippen molar-refractivity contribution in [3.05, 3.63) is 53.9 Å². The Labute approximate surface area is 156 Å². The van der Waals surface area contributed by atoms with E-state index < -0.39 is 0 Å². The summed E-state index contributed by atoms with van der Waals surface area (Å²) < 4.78 is 11.4. The first-order valence-corrected chi connectivity index (χ1v) is 9.23. The molecule has 0 spiro atoms. The van der Waals surface area contributed by atoms with Gasteiger partial charge in [0, 0.05) is 31.5 Å². The molecule has 1 saturated carbocycles. The van der Waals surface area contributed by atoms with Crippen molar-refractivity contribution < 1.29 is 9.47 Å². The zero-order chi connectivity index (χ0) is 18.4. The Bertz CT molecular complexity index is 685. The number of hydrogen-bond donors (Lipinski definition) is 1. The van der Waals surface area contributed by atoms with Crippen molar-refractivity contribution in [2.45, 2.75) is 32.0 Å². The average molecular weight is 355 g/mol. The Morgan fingerprint density at radius 3 is 2.54 bits per heavy atom. The van der Waals surface area contributed by atoms with Gasteiger partial charge in [-0.15, -0.1) is 0 Å². The average Bonchev–Trinajstić information content (AvgIpc) is 3.49. The van der Waals surface area contributed by atoms with Crippen LogP contribution in [0.1, 0.15) is 24.0 Å². The van der Waals surface area contributed by atoms with Crippen molar-refractivity contribution in [1.29, 1.82) is 0 Å². The summed E-state index contributed by atoms with van der Waals surface area (Å²) in [5.74, 6) is 2.39. The molecular weight excluding hydrogens is 326 g/mol. The van der Waals surface area contributed by atoms with Gasteiger partial charge >= 0.3 is 0 Å². The lowest BCUT2D eigenvalue weighted by molar-refractivity contribution is 0.255. The molecule has 5 nitrogen and oxygen atoms in total. The minimum atomic E-state index is 0.502. The van der Waals surface area contributed by atoms with E-state index in [9.17, 15) is 0 Å². The molecule has 0 amide bonds. The van der Waals surface area contributed by atoms with Gasteiger partial charge in [0.1, 0.15) is 6.61 Å². The van der Waals surface area contributed by atoms with E-state index in [1.54, 1.807) is 19.5 Å². The third kappa shape index (κ3) is 5.19. The van der Waals surface area contributed by atoms with Crippen molar-refractivity contribution in [1.82, 2.24) is 15.2 Å². The van der Waals surface area contributed by atoms with Gasteiger partial charge in [-0.1, -0.05) is 6.07 Å². The van der Waals surface area contributed by atoms with Crippen LogP contribution in [0.5, 0.6) is 11.5 Å². The molecule has 3 rings (SSSR count). The van der Waals surface area contributed by atoms with Crippen LogP contribution in [0.15, 0.2) is 42.7 Å². The summed E-state index contributed by atoms with van der Waals surface area (Å²) in [5, 5.41) is 3.59. The quantitative estimate of drug-likeness (QED) is 0.710. The molecule has 1 fully saturated rings. The summed E-state index contributed by atoms with van der Waals surface area (Å²) in [7, 11) is 6.02. The molecule has 0 saturated heterocycles. The number of ether oxygens (including phenoxy) is 2. The number of likely N-dealkylation sites (N-methyl/N-ethyl adjacent to an activating group) is 1. The van der Waals surface area contributed by atoms with Gasteiger partial charge in [0.15, 0.2) is 11.5 Å². The Hall–Kier alpha value is -2.11. The SMILES string of the molecule is COc1cc(CNCC(C2CC2)N(C)C)ccc1OCc1ccncc1. The van der Waals surface area contributed by atoms with Crippen LogP contribution in [-0.2, 0) is 13.2 Å². The minimum absolute atomic E-state index is 0.502. The van der Waals surface area contributed by atoms with E-state index in [0.29, 0.717) is 12.6 Å². The monoisotopic (exact) mass is 355 g/mol. The first kappa shape index (κ1) is 18.7. The topological polar surface area (TPSA) is 46.6 Å². The zero-order valence-electron chi connectivity index (χ0n) is 15.9. The van der Waals surface area contributed by atoms with Gasteiger partial charge in [-0.3, -0.25) is 4.98 Å². The predicted octanol–water partition coefficient (Wildman–Crippen LogP) is 3.10. The summed E-state index contributed by atoms with van der Waals surface area (Å²) in [6.45, 7) is 2.35. The molecule has 1 aliphatic rings. The number of benzene rings is 1. The van der Waals surface area contributed by atoms with Gasteiger partial charge in [0.05, 0.1) is 7.11 Å². The second-order valence-corrected chi connectivity index (χ2v) is 7.13. The number of methoxy groups -OCH3 is 1. The van der Waals surface area contributed by atoms with Crippen LogP contribution in [0, 0.1) is 5.92 Å². The molecule has 1 unspecified atom stereocenters. The van der Waals surface area contributed by atoms with Crippen molar-refractivity contribution >= 4 is 0 Å².